The third kappa shape index (κ3) is 2.34. The zero-order chi connectivity index (χ0) is 8.27. The summed E-state index contributed by atoms with van der Waals surface area (Å²) in [4.78, 5) is 0. The average Bonchev–Trinajstić information content (AvgIpc) is 2.36. The Morgan fingerprint density at radius 1 is 1.55 bits per heavy atom. The lowest BCUT2D eigenvalue weighted by Crippen LogP contribution is -2.20. The highest BCUT2D eigenvalue weighted by Gasteiger charge is 2.29. The number of alkyl halides is 1. The smallest absolute Gasteiger partial charge is 0.0491 e. The highest BCUT2D eigenvalue weighted by Crippen LogP contribution is 2.35. The molecule has 1 fully saturated rings. The Kier molecular flexibility index (Phi) is 3.67. The van der Waals surface area contributed by atoms with E-state index in [0.29, 0.717) is 17.2 Å². The van der Waals surface area contributed by atoms with E-state index in [0.717, 1.165) is 6.61 Å². The van der Waals surface area contributed by atoms with Crippen LogP contribution in [0.4, 0.5) is 0 Å². The Labute approximate surface area is 74.1 Å². The number of hydrogen-bond donors (Lipinski definition) is 0. The quantitative estimate of drug-likeness (QED) is 0.601. The van der Waals surface area contributed by atoms with Gasteiger partial charge in [0.05, 0.1) is 0 Å². The molecule has 0 bridgehead atoms. The van der Waals surface area contributed by atoms with Gasteiger partial charge in [-0.05, 0) is 24.7 Å². The van der Waals surface area contributed by atoms with Crippen LogP contribution in [0.15, 0.2) is 0 Å². The first kappa shape index (κ1) is 9.34. The summed E-state index contributed by atoms with van der Waals surface area (Å²) < 4.78 is 5.11. The lowest BCUT2D eigenvalue weighted by molar-refractivity contribution is 0.131. The van der Waals surface area contributed by atoms with Crippen molar-refractivity contribution in [2.24, 2.45) is 11.8 Å². The van der Waals surface area contributed by atoms with Gasteiger partial charge in [0.1, 0.15) is 0 Å². The molecule has 11 heavy (non-hydrogen) atoms. The van der Waals surface area contributed by atoms with Gasteiger partial charge in [0, 0.05) is 19.1 Å². The summed E-state index contributed by atoms with van der Waals surface area (Å²) in [5, 5.41) is 0.403. The third-order valence-corrected chi connectivity index (χ3v) is 3.18. The van der Waals surface area contributed by atoms with Crippen LogP contribution < -0.4 is 0 Å². The van der Waals surface area contributed by atoms with E-state index in [1.54, 1.807) is 7.11 Å². The Hall–Kier alpha value is 0.250. The van der Waals surface area contributed by atoms with E-state index in [-0.39, 0.29) is 0 Å². The molecule has 0 N–H and O–H groups in total. The van der Waals surface area contributed by atoms with Crippen LogP contribution in [0.5, 0.6) is 0 Å². The Bertz CT molecular complexity index is 116. The number of halogens is 1. The van der Waals surface area contributed by atoms with Crippen LogP contribution in [0.25, 0.3) is 0 Å². The monoisotopic (exact) mass is 176 g/mol. The minimum Gasteiger partial charge on any atom is -0.384 e. The molecule has 1 nitrogen and oxygen atoms in total. The highest BCUT2D eigenvalue weighted by atomic mass is 35.5. The molecule has 1 aliphatic carbocycles. The third-order valence-electron chi connectivity index (χ3n) is 2.64. The Morgan fingerprint density at radius 3 is 2.73 bits per heavy atom. The van der Waals surface area contributed by atoms with Crippen LogP contribution in [0.1, 0.15) is 26.2 Å². The SMILES string of the molecule is COCC(C)C1CCCC1Cl. The van der Waals surface area contributed by atoms with Gasteiger partial charge in [0.15, 0.2) is 0 Å². The molecule has 3 atom stereocenters. The van der Waals surface area contributed by atoms with Gasteiger partial charge < -0.3 is 4.74 Å². The number of rotatable bonds is 3. The van der Waals surface area contributed by atoms with Crippen LogP contribution in [-0.4, -0.2) is 19.1 Å². The summed E-state index contributed by atoms with van der Waals surface area (Å²) in [7, 11) is 1.76. The molecule has 66 valence electrons. The van der Waals surface area contributed by atoms with Crippen LogP contribution in [0.3, 0.4) is 0 Å². The fraction of sp³-hybridized carbons (Fsp3) is 1.00. The second-order valence-corrected chi connectivity index (χ2v) is 4.10. The second-order valence-electron chi connectivity index (χ2n) is 3.54. The summed E-state index contributed by atoms with van der Waals surface area (Å²) in [5.41, 5.74) is 0. The van der Waals surface area contributed by atoms with Crippen LogP contribution in [0.2, 0.25) is 0 Å². The first-order chi connectivity index (χ1) is 5.25. The van der Waals surface area contributed by atoms with Gasteiger partial charge in [-0.25, -0.2) is 0 Å². The molecule has 3 unspecified atom stereocenters. The summed E-state index contributed by atoms with van der Waals surface area (Å²) in [6, 6.07) is 0. The van der Waals surface area contributed by atoms with Crippen molar-refractivity contribution in [1.29, 1.82) is 0 Å². The standard InChI is InChI=1S/C9H17ClO/c1-7(6-11-2)8-4-3-5-9(8)10/h7-9H,3-6H2,1-2H3. The molecular weight excluding hydrogens is 160 g/mol. The molecular formula is C9H17ClO. The van der Waals surface area contributed by atoms with Gasteiger partial charge in [-0.2, -0.15) is 0 Å². The van der Waals surface area contributed by atoms with Crippen molar-refractivity contribution in [2.75, 3.05) is 13.7 Å². The van der Waals surface area contributed by atoms with Crippen molar-refractivity contribution in [3.05, 3.63) is 0 Å². The molecule has 0 amide bonds. The number of ether oxygens (including phenoxy) is 1. The molecule has 1 aliphatic rings. The van der Waals surface area contributed by atoms with E-state index in [2.05, 4.69) is 6.92 Å². The molecule has 2 heteroatoms. The maximum atomic E-state index is 6.15. The second kappa shape index (κ2) is 4.32. The summed E-state index contributed by atoms with van der Waals surface area (Å²) in [5.74, 6) is 1.32. The molecule has 0 heterocycles. The lowest BCUT2D eigenvalue weighted by Gasteiger charge is -2.20. The Balaban J connectivity index is 2.33. The molecule has 0 radical (unpaired) electrons. The predicted octanol–water partition coefficient (Wildman–Crippen LogP) is 2.68. The van der Waals surface area contributed by atoms with E-state index in [9.17, 15) is 0 Å². The predicted molar refractivity (Wildman–Crippen MR) is 48.0 cm³/mol. The first-order valence-electron chi connectivity index (χ1n) is 4.38. The molecule has 0 aromatic carbocycles. The van der Waals surface area contributed by atoms with E-state index in [4.69, 9.17) is 16.3 Å². The molecule has 0 spiro atoms. The molecule has 1 saturated carbocycles. The normalized spacial score (nSPS) is 34.1. The molecule has 0 aliphatic heterocycles. The van der Waals surface area contributed by atoms with Gasteiger partial charge in [-0.1, -0.05) is 13.3 Å². The fourth-order valence-electron chi connectivity index (χ4n) is 1.97. The van der Waals surface area contributed by atoms with Gasteiger partial charge in [-0.3, -0.25) is 0 Å². The maximum absolute atomic E-state index is 6.15. The molecule has 0 saturated heterocycles. The van der Waals surface area contributed by atoms with E-state index < -0.39 is 0 Å². The van der Waals surface area contributed by atoms with Crippen molar-refractivity contribution in [3.63, 3.8) is 0 Å². The fourth-order valence-corrected chi connectivity index (χ4v) is 2.50. The molecule has 1 rings (SSSR count). The minimum atomic E-state index is 0.403. The number of methoxy groups -OCH3 is 1. The van der Waals surface area contributed by atoms with Gasteiger partial charge >= 0.3 is 0 Å². The first-order valence-corrected chi connectivity index (χ1v) is 4.82. The zero-order valence-electron chi connectivity index (χ0n) is 7.35. The van der Waals surface area contributed by atoms with Crippen molar-refractivity contribution in [2.45, 2.75) is 31.6 Å². The van der Waals surface area contributed by atoms with Gasteiger partial charge in [0.2, 0.25) is 0 Å². The van der Waals surface area contributed by atoms with Crippen LogP contribution >= 0.6 is 11.6 Å². The zero-order valence-corrected chi connectivity index (χ0v) is 8.10. The summed E-state index contributed by atoms with van der Waals surface area (Å²) >= 11 is 6.15. The van der Waals surface area contributed by atoms with Gasteiger partial charge in [0.25, 0.3) is 0 Å². The van der Waals surface area contributed by atoms with E-state index >= 15 is 0 Å². The van der Waals surface area contributed by atoms with Crippen LogP contribution in [-0.2, 0) is 4.74 Å². The minimum absolute atomic E-state index is 0.403. The van der Waals surface area contributed by atoms with Crippen LogP contribution in [0, 0.1) is 11.8 Å². The van der Waals surface area contributed by atoms with Crippen molar-refractivity contribution in [1.82, 2.24) is 0 Å². The van der Waals surface area contributed by atoms with Crippen molar-refractivity contribution >= 4 is 11.6 Å². The lowest BCUT2D eigenvalue weighted by atomic mass is 9.93. The summed E-state index contributed by atoms with van der Waals surface area (Å²) in [6.45, 7) is 3.09. The van der Waals surface area contributed by atoms with E-state index in [1.165, 1.54) is 19.3 Å². The van der Waals surface area contributed by atoms with Gasteiger partial charge in [-0.15, -0.1) is 11.6 Å². The highest BCUT2D eigenvalue weighted by molar-refractivity contribution is 6.20. The topological polar surface area (TPSA) is 9.23 Å². The average molecular weight is 177 g/mol. The maximum Gasteiger partial charge on any atom is 0.0491 e. The molecule has 0 aromatic rings. The summed E-state index contributed by atoms with van der Waals surface area (Å²) in [6.07, 6.45) is 3.78. The molecule has 0 aromatic heterocycles. The van der Waals surface area contributed by atoms with Crippen molar-refractivity contribution in [3.8, 4) is 0 Å². The number of hydrogen-bond acceptors (Lipinski definition) is 1. The Morgan fingerprint density at radius 2 is 2.27 bits per heavy atom. The van der Waals surface area contributed by atoms with Crippen molar-refractivity contribution < 1.29 is 4.74 Å². The van der Waals surface area contributed by atoms with E-state index in [1.807, 2.05) is 0 Å². The largest absolute Gasteiger partial charge is 0.384 e.